The number of nitrogens with zero attached hydrogens (tertiary/aromatic N) is 3. The van der Waals surface area contributed by atoms with Gasteiger partial charge in [0.15, 0.2) is 5.65 Å². The maximum atomic E-state index is 12.7. The molecule has 0 unspecified atom stereocenters. The van der Waals surface area contributed by atoms with Crippen LogP contribution in [0.25, 0.3) is 44.6 Å². The molecule has 5 aromatic rings. The highest BCUT2D eigenvalue weighted by molar-refractivity contribution is 6.35. The van der Waals surface area contributed by atoms with Gasteiger partial charge in [-0.05, 0) is 24.6 Å². The van der Waals surface area contributed by atoms with E-state index in [0.29, 0.717) is 27.5 Å². The van der Waals surface area contributed by atoms with E-state index in [4.69, 9.17) is 16.6 Å². The van der Waals surface area contributed by atoms with Gasteiger partial charge in [-0.3, -0.25) is 9.89 Å². The number of aryl methyl sites for hydroxylation is 1. The van der Waals surface area contributed by atoms with Gasteiger partial charge in [0, 0.05) is 28.5 Å². The molecule has 3 heterocycles. The second-order valence-corrected chi connectivity index (χ2v) is 7.96. The van der Waals surface area contributed by atoms with E-state index in [1.165, 1.54) is 6.07 Å². The van der Waals surface area contributed by atoms with Crippen molar-refractivity contribution < 1.29 is 13.2 Å². The minimum Gasteiger partial charge on any atom is -0.305 e. The summed E-state index contributed by atoms with van der Waals surface area (Å²) in [5.41, 5.74) is 2.92. The van der Waals surface area contributed by atoms with Crippen molar-refractivity contribution in [1.82, 2.24) is 25.1 Å². The molecule has 10 heteroatoms. The molecule has 0 amide bonds. The molecule has 33 heavy (non-hydrogen) atoms. The Hall–Kier alpha value is -3.72. The number of halogens is 4. The third-order valence-corrected chi connectivity index (χ3v) is 5.55. The van der Waals surface area contributed by atoms with Crippen molar-refractivity contribution in [2.24, 2.45) is 0 Å². The van der Waals surface area contributed by atoms with E-state index in [2.05, 4.69) is 20.2 Å². The lowest BCUT2D eigenvalue weighted by Gasteiger charge is -2.12. The summed E-state index contributed by atoms with van der Waals surface area (Å²) < 4.78 is 38.1. The number of fused-ring (bicyclic) bond motifs is 2. The normalized spacial score (nSPS) is 12.0. The third kappa shape index (κ3) is 4.19. The van der Waals surface area contributed by atoms with Gasteiger partial charge in [0.2, 0.25) is 0 Å². The Kier molecular flexibility index (Phi) is 5.13. The first kappa shape index (κ1) is 21.1. The number of benzene rings is 2. The number of alkyl halides is 3. The summed E-state index contributed by atoms with van der Waals surface area (Å²) in [4.78, 5) is 24.3. The number of H-pyrrole nitrogens is 2. The van der Waals surface area contributed by atoms with Crippen molar-refractivity contribution in [3.63, 3.8) is 0 Å². The predicted octanol–water partition coefficient (Wildman–Crippen LogP) is 5.68. The summed E-state index contributed by atoms with van der Waals surface area (Å²) in [5.74, 6) is 0. The maximum absolute atomic E-state index is 12.7. The summed E-state index contributed by atoms with van der Waals surface area (Å²) in [6.07, 6.45) is -4.28. The first-order valence-corrected chi connectivity index (χ1v) is 10.4. The lowest BCUT2D eigenvalue weighted by molar-refractivity contribution is -0.134. The molecule has 0 radical (unpaired) electrons. The van der Waals surface area contributed by atoms with Crippen LogP contribution in [0.5, 0.6) is 0 Å². The highest BCUT2D eigenvalue weighted by atomic mass is 35.5. The van der Waals surface area contributed by atoms with Crippen LogP contribution < -0.4 is 5.56 Å². The van der Waals surface area contributed by atoms with E-state index in [9.17, 15) is 18.0 Å². The summed E-state index contributed by atoms with van der Waals surface area (Å²) in [7, 11) is 0. The first-order chi connectivity index (χ1) is 15.8. The second-order valence-electron chi connectivity index (χ2n) is 7.55. The number of pyridine rings is 1. The molecule has 166 valence electrons. The SMILES string of the molecule is O=c1[nH]c2nc(-c3ccccc3)c(-c3cc(Cl)c4[nH]ncc4c3)nc2cc1CCC(F)(F)F. The Balaban J connectivity index is 1.74. The Bertz CT molecular complexity index is 1540. The lowest BCUT2D eigenvalue weighted by atomic mass is 10.0. The van der Waals surface area contributed by atoms with E-state index >= 15 is 0 Å². The molecular weight excluding hydrogens is 455 g/mol. The zero-order chi connectivity index (χ0) is 23.2. The molecule has 0 spiro atoms. The van der Waals surface area contributed by atoms with Crippen LogP contribution in [0.1, 0.15) is 12.0 Å². The quantitative estimate of drug-likeness (QED) is 0.354. The van der Waals surface area contributed by atoms with E-state index in [1.54, 1.807) is 12.3 Å². The fourth-order valence-corrected chi connectivity index (χ4v) is 3.94. The van der Waals surface area contributed by atoms with Crippen molar-refractivity contribution in [2.45, 2.75) is 19.0 Å². The Morgan fingerprint density at radius 3 is 2.48 bits per heavy atom. The van der Waals surface area contributed by atoms with Gasteiger partial charge >= 0.3 is 6.18 Å². The summed E-state index contributed by atoms with van der Waals surface area (Å²) in [5, 5.41) is 8.05. The largest absolute Gasteiger partial charge is 0.389 e. The first-order valence-electron chi connectivity index (χ1n) is 9.97. The van der Waals surface area contributed by atoms with Gasteiger partial charge in [0.25, 0.3) is 5.56 Å². The highest BCUT2D eigenvalue weighted by Crippen LogP contribution is 2.34. The van der Waals surface area contributed by atoms with Crippen LogP contribution in [0, 0.1) is 0 Å². The molecule has 0 aliphatic rings. The molecule has 0 aliphatic heterocycles. The van der Waals surface area contributed by atoms with Crippen molar-refractivity contribution in [2.75, 3.05) is 0 Å². The standard InChI is InChI=1S/C23H15ClF3N5O/c24-16-9-14(8-15-11-28-32-18(15)16)20-19(12-4-2-1-3-5-12)30-21-17(29-20)10-13(22(33)31-21)6-7-23(25,26)27/h1-5,8-11H,6-7H2,(H,28,32)(H,30,31,33). The zero-order valence-corrected chi connectivity index (χ0v) is 17.6. The molecule has 0 aliphatic carbocycles. The van der Waals surface area contributed by atoms with Gasteiger partial charge in [-0.25, -0.2) is 9.97 Å². The van der Waals surface area contributed by atoms with Crippen molar-refractivity contribution in [3.05, 3.63) is 75.7 Å². The van der Waals surface area contributed by atoms with Crippen LogP contribution in [-0.2, 0) is 6.42 Å². The fraction of sp³-hybridized carbons (Fsp3) is 0.130. The minimum absolute atomic E-state index is 0.00384. The van der Waals surface area contributed by atoms with Gasteiger partial charge in [-0.1, -0.05) is 41.9 Å². The van der Waals surface area contributed by atoms with Gasteiger partial charge < -0.3 is 4.98 Å². The molecule has 5 rings (SSSR count). The van der Waals surface area contributed by atoms with Gasteiger partial charge in [-0.15, -0.1) is 0 Å². The van der Waals surface area contributed by atoms with Gasteiger partial charge in [0.05, 0.1) is 28.1 Å². The Morgan fingerprint density at radius 2 is 1.73 bits per heavy atom. The van der Waals surface area contributed by atoms with Gasteiger partial charge in [0.1, 0.15) is 5.52 Å². The van der Waals surface area contributed by atoms with Crippen molar-refractivity contribution in [3.8, 4) is 22.5 Å². The molecule has 0 saturated carbocycles. The molecule has 2 N–H and O–H groups in total. The summed E-state index contributed by atoms with van der Waals surface area (Å²) >= 11 is 6.43. The molecule has 0 atom stereocenters. The predicted molar refractivity (Wildman–Crippen MR) is 120 cm³/mol. The third-order valence-electron chi connectivity index (χ3n) is 5.26. The molecule has 6 nitrogen and oxygen atoms in total. The van der Waals surface area contributed by atoms with Crippen molar-refractivity contribution in [1.29, 1.82) is 0 Å². The number of aromatic amines is 2. The summed E-state index contributed by atoms with van der Waals surface area (Å²) in [6.45, 7) is 0. The van der Waals surface area contributed by atoms with E-state index in [-0.39, 0.29) is 16.7 Å². The monoisotopic (exact) mass is 469 g/mol. The van der Waals surface area contributed by atoms with E-state index in [0.717, 1.165) is 10.9 Å². The lowest BCUT2D eigenvalue weighted by Crippen LogP contribution is -2.17. The number of hydrogen-bond donors (Lipinski definition) is 2. The molecule has 0 bridgehead atoms. The number of nitrogens with one attached hydrogen (secondary N) is 2. The van der Waals surface area contributed by atoms with E-state index < -0.39 is 24.6 Å². The topological polar surface area (TPSA) is 87.3 Å². The van der Waals surface area contributed by atoms with Crippen LogP contribution in [0.2, 0.25) is 5.02 Å². The van der Waals surface area contributed by atoms with Crippen LogP contribution >= 0.6 is 11.6 Å². The smallest absolute Gasteiger partial charge is 0.305 e. The molecular formula is C23H15ClF3N5O. The average Bonchev–Trinajstić information content (AvgIpc) is 3.26. The zero-order valence-electron chi connectivity index (χ0n) is 16.9. The Morgan fingerprint density at radius 1 is 0.970 bits per heavy atom. The highest BCUT2D eigenvalue weighted by Gasteiger charge is 2.27. The van der Waals surface area contributed by atoms with Crippen LogP contribution in [0.3, 0.4) is 0 Å². The molecule has 0 saturated heterocycles. The minimum atomic E-state index is -4.37. The molecule has 3 aromatic heterocycles. The summed E-state index contributed by atoms with van der Waals surface area (Å²) in [6, 6.07) is 14.2. The van der Waals surface area contributed by atoms with Crippen LogP contribution in [0.15, 0.2) is 59.5 Å². The molecule has 2 aromatic carbocycles. The Labute approximate surface area is 189 Å². The molecule has 0 fully saturated rings. The number of hydrogen-bond acceptors (Lipinski definition) is 4. The number of rotatable bonds is 4. The van der Waals surface area contributed by atoms with E-state index in [1.807, 2.05) is 36.4 Å². The fourth-order valence-electron chi connectivity index (χ4n) is 3.67. The second kappa shape index (κ2) is 8.00. The van der Waals surface area contributed by atoms with Crippen LogP contribution in [0.4, 0.5) is 13.2 Å². The average molecular weight is 470 g/mol. The maximum Gasteiger partial charge on any atom is 0.389 e. The van der Waals surface area contributed by atoms with Crippen molar-refractivity contribution >= 4 is 33.7 Å². The van der Waals surface area contributed by atoms with Gasteiger partial charge in [-0.2, -0.15) is 18.3 Å². The van der Waals surface area contributed by atoms with Crippen LogP contribution in [-0.4, -0.2) is 31.3 Å². The number of aromatic nitrogens is 5.